The number of ketones is 1. The number of carbonyl (C=O) groups is 1. The first-order valence-corrected chi connectivity index (χ1v) is 5.65. The maximum atomic E-state index is 11.7. The number of nitro benzene ring substituents is 1. The fourth-order valence-electron chi connectivity index (χ4n) is 1.44. The van der Waals surface area contributed by atoms with Crippen molar-refractivity contribution in [3.8, 4) is 0 Å². The van der Waals surface area contributed by atoms with Crippen LogP contribution in [0.5, 0.6) is 0 Å². The lowest BCUT2D eigenvalue weighted by Crippen LogP contribution is -1.91. The molecule has 0 aliphatic carbocycles. The zero-order chi connectivity index (χ0) is 13.8. The molecule has 0 aliphatic heterocycles. The molecule has 0 fully saturated rings. The predicted molar refractivity (Wildman–Crippen MR) is 70.2 cm³/mol. The molecule has 0 atom stereocenters. The Labute approximate surface area is 113 Å². The summed E-state index contributed by atoms with van der Waals surface area (Å²) < 4.78 is 4.93. The Bertz CT molecular complexity index is 647. The average molecular weight is 278 g/mol. The molecule has 5 nitrogen and oxygen atoms in total. The lowest BCUT2D eigenvalue weighted by atomic mass is 10.1. The van der Waals surface area contributed by atoms with E-state index in [4.69, 9.17) is 16.0 Å². The molecule has 1 heterocycles. The number of hydrogen-bond donors (Lipinski definition) is 0. The molecule has 0 aliphatic rings. The van der Waals surface area contributed by atoms with E-state index in [1.54, 1.807) is 6.07 Å². The minimum atomic E-state index is -0.526. The molecular formula is C13H8ClNO4. The Kier molecular flexibility index (Phi) is 3.77. The summed E-state index contributed by atoms with van der Waals surface area (Å²) >= 11 is 5.90. The summed E-state index contributed by atoms with van der Waals surface area (Å²) in [7, 11) is 0. The smallest absolute Gasteiger partial charge is 0.270 e. The zero-order valence-corrected chi connectivity index (χ0v) is 10.3. The van der Waals surface area contributed by atoms with Crippen LogP contribution >= 0.6 is 11.6 Å². The van der Waals surface area contributed by atoms with E-state index in [0.717, 1.165) is 0 Å². The molecule has 2 aromatic rings. The SMILES string of the molecule is O=C(/C=C/c1cc([N+](=O)[O-])ccc1Cl)c1ccco1. The number of halogens is 1. The summed E-state index contributed by atoms with van der Waals surface area (Å²) in [6.45, 7) is 0. The molecule has 96 valence electrons. The maximum Gasteiger partial charge on any atom is 0.270 e. The van der Waals surface area contributed by atoms with E-state index in [1.165, 1.54) is 42.7 Å². The van der Waals surface area contributed by atoms with Gasteiger partial charge in [0.25, 0.3) is 5.69 Å². The largest absolute Gasteiger partial charge is 0.461 e. The Balaban J connectivity index is 2.25. The highest BCUT2D eigenvalue weighted by Crippen LogP contribution is 2.23. The van der Waals surface area contributed by atoms with Gasteiger partial charge in [-0.25, -0.2) is 0 Å². The van der Waals surface area contributed by atoms with Crippen LogP contribution in [0.2, 0.25) is 5.02 Å². The van der Waals surface area contributed by atoms with Crippen molar-refractivity contribution >= 4 is 29.1 Å². The number of nitro groups is 1. The number of hydrogen-bond acceptors (Lipinski definition) is 4. The van der Waals surface area contributed by atoms with Crippen molar-refractivity contribution in [1.82, 2.24) is 0 Å². The number of allylic oxidation sites excluding steroid dienone is 1. The monoisotopic (exact) mass is 277 g/mol. The van der Waals surface area contributed by atoms with Crippen molar-refractivity contribution in [2.75, 3.05) is 0 Å². The number of carbonyl (C=O) groups excluding carboxylic acids is 1. The second kappa shape index (κ2) is 5.49. The van der Waals surface area contributed by atoms with Crippen LogP contribution in [-0.4, -0.2) is 10.7 Å². The van der Waals surface area contributed by atoms with Crippen LogP contribution in [0.15, 0.2) is 47.1 Å². The lowest BCUT2D eigenvalue weighted by Gasteiger charge is -1.98. The van der Waals surface area contributed by atoms with E-state index in [0.29, 0.717) is 10.6 Å². The topological polar surface area (TPSA) is 73.3 Å². The molecule has 0 N–H and O–H groups in total. The van der Waals surface area contributed by atoms with Gasteiger partial charge in [-0.05, 0) is 35.9 Å². The summed E-state index contributed by atoms with van der Waals surface area (Å²) in [6, 6.07) is 7.14. The Morgan fingerprint density at radius 2 is 2.16 bits per heavy atom. The van der Waals surface area contributed by atoms with Crippen LogP contribution in [-0.2, 0) is 0 Å². The quantitative estimate of drug-likeness (QED) is 0.369. The van der Waals surface area contributed by atoms with Gasteiger partial charge >= 0.3 is 0 Å². The summed E-state index contributed by atoms with van der Waals surface area (Å²) in [6.07, 6.45) is 4.06. The molecule has 0 saturated heterocycles. The minimum Gasteiger partial charge on any atom is -0.461 e. The van der Waals surface area contributed by atoms with E-state index < -0.39 is 4.92 Å². The van der Waals surface area contributed by atoms with Crippen LogP contribution in [0.4, 0.5) is 5.69 Å². The summed E-state index contributed by atoms with van der Waals surface area (Å²) in [5.74, 6) is -0.148. The zero-order valence-electron chi connectivity index (χ0n) is 9.58. The molecular weight excluding hydrogens is 270 g/mol. The van der Waals surface area contributed by atoms with Gasteiger partial charge in [0.05, 0.1) is 11.2 Å². The van der Waals surface area contributed by atoms with Gasteiger partial charge in [-0.1, -0.05) is 11.6 Å². The first-order chi connectivity index (χ1) is 9.08. The first kappa shape index (κ1) is 13.0. The van der Waals surface area contributed by atoms with E-state index in [1.807, 2.05) is 0 Å². The van der Waals surface area contributed by atoms with E-state index in [-0.39, 0.29) is 17.2 Å². The molecule has 2 rings (SSSR count). The Morgan fingerprint density at radius 3 is 2.79 bits per heavy atom. The molecule has 0 unspecified atom stereocenters. The highest BCUT2D eigenvalue weighted by molar-refractivity contribution is 6.32. The van der Waals surface area contributed by atoms with Gasteiger partial charge in [-0.3, -0.25) is 14.9 Å². The van der Waals surface area contributed by atoms with Gasteiger partial charge in [-0.15, -0.1) is 0 Å². The minimum absolute atomic E-state index is 0.0884. The third kappa shape index (κ3) is 3.08. The first-order valence-electron chi connectivity index (χ1n) is 5.28. The van der Waals surface area contributed by atoms with Gasteiger partial charge in [0, 0.05) is 17.2 Å². The molecule has 1 aromatic carbocycles. The van der Waals surface area contributed by atoms with Gasteiger partial charge in [0.2, 0.25) is 5.78 Å². The molecule has 0 saturated carbocycles. The van der Waals surface area contributed by atoms with E-state index in [9.17, 15) is 14.9 Å². The fourth-order valence-corrected chi connectivity index (χ4v) is 1.62. The summed E-state index contributed by atoms with van der Waals surface area (Å²) in [5.41, 5.74) is 0.310. The van der Waals surface area contributed by atoms with Crippen molar-refractivity contribution in [3.63, 3.8) is 0 Å². The standard InChI is InChI=1S/C13H8ClNO4/c14-11-5-4-10(15(17)18)8-9(11)3-6-12(16)13-2-1-7-19-13/h1-8H/b6-3+. The Morgan fingerprint density at radius 1 is 1.37 bits per heavy atom. The van der Waals surface area contributed by atoms with Crippen LogP contribution in [0.1, 0.15) is 16.1 Å². The lowest BCUT2D eigenvalue weighted by molar-refractivity contribution is -0.384. The van der Waals surface area contributed by atoms with Crippen molar-refractivity contribution in [2.45, 2.75) is 0 Å². The van der Waals surface area contributed by atoms with Crippen LogP contribution in [0, 0.1) is 10.1 Å². The third-order valence-corrected chi connectivity index (χ3v) is 2.71. The van der Waals surface area contributed by atoms with Crippen molar-refractivity contribution in [3.05, 3.63) is 69.1 Å². The number of non-ortho nitro benzene ring substituents is 1. The van der Waals surface area contributed by atoms with E-state index >= 15 is 0 Å². The van der Waals surface area contributed by atoms with Crippen LogP contribution in [0.3, 0.4) is 0 Å². The second-order valence-electron chi connectivity index (χ2n) is 3.64. The highest BCUT2D eigenvalue weighted by Gasteiger charge is 2.09. The van der Waals surface area contributed by atoms with Gasteiger partial charge in [-0.2, -0.15) is 0 Å². The number of furan rings is 1. The van der Waals surface area contributed by atoms with Gasteiger partial charge in [0.1, 0.15) is 0 Å². The van der Waals surface area contributed by atoms with Gasteiger partial charge in [0.15, 0.2) is 5.76 Å². The molecule has 0 amide bonds. The molecule has 0 spiro atoms. The number of nitrogens with zero attached hydrogens (tertiary/aromatic N) is 1. The molecule has 1 aromatic heterocycles. The van der Waals surface area contributed by atoms with Crippen molar-refractivity contribution in [1.29, 1.82) is 0 Å². The van der Waals surface area contributed by atoms with Crippen LogP contribution in [0.25, 0.3) is 6.08 Å². The van der Waals surface area contributed by atoms with Crippen molar-refractivity contribution < 1.29 is 14.1 Å². The van der Waals surface area contributed by atoms with Gasteiger partial charge < -0.3 is 4.42 Å². The molecule has 19 heavy (non-hydrogen) atoms. The van der Waals surface area contributed by atoms with Crippen LogP contribution < -0.4 is 0 Å². The Hall–Kier alpha value is -2.40. The second-order valence-corrected chi connectivity index (χ2v) is 4.05. The third-order valence-electron chi connectivity index (χ3n) is 2.37. The normalized spacial score (nSPS) is 10.8. The molecule has 0 radical (unpaired) electrons. The number of benzene rings is 1. The molecule has 0 bridgehead atoms. The van der Waals surface area contributed by atoms with E-state index in [2.05, 4.69) is 0 Å². The predicted octanol–water partition coefficient (Wildman–Crippen LogP) is 3.74. The fraction of sp³-hybridized carbons (Fsp3) is 0. The maximum absolute atomic E-state index is 11.7. The average Bonchev–Trinajstić information content (AvgIpc) is 2.91. The van der Waals surface area contributed by atoms with Crippen molar-refractivity contribution in [2.24, 2.45) is 0 Å². The summed E-state index contributed by atoms with van der Waals surface area (Å²) in [5, 5.41) is 11.0. The number of rotatable bonds is 4. The molecule has 6 heteroatoms. The highest BCUT2D eigenvalue weighted by atomic mass is 35.5. The summed E-state index contributed by atoms with van der Waals surface area (Å²) in [4.78, 5) is 21.8.